The van der Waals surface area contributed by atoms with Gasteiger partial charge in [0.25, 0.3) is 0 Å². The number of benzene rings is 1. The van der Waals surface area contributed by atoms with Gasteiger partial charge in [-0.15, -0.1) is 24.0 Å². The van der Waals surface area contributed by atoms with Crippen LogP contribution in [-0.2, 0) is 17.8 Å². The molecule has 1 heterocycles. The molecule has 1 atom stereocenters. The van der Waals surface area contributed by atoms with Gasteiger partial charge in [0.1, 0.15) is 0 Å². The minimum atomic E-state index is 0. The van der Waals surface area contributed by atoms with Crippen molar-refractivity contribution in [3.63, 3.8) is 0 Å². The van der Waals surface area contributed by atoms with E-state index in [1.807, 2.05) is 6.92 Å². The van der Waals surface area contributed by atoms with Gasteiger partial charge in [-0.25, -0.2) is 0 Å². The molecule has 1 aromatic rings. The van der Waals surface area contributed by atoms with Crippen molar-refractivity contribution in [2.75, 3.05) is 39.9 Å². The molecule has 6 heteroatoms. The largest absolute Gasteiger partial charge is 0.382 e. The number of likely N-dealkylation sites (tertiary alicyclic amines) is 1. The van der Waals surface area contributed by atoms with E-state index in [0.29, 0.717) is 0 Å². The number of nitrogens with one attached hydrogen (secondary N) is 2. The molecule has 1 fully saturated rings. The van der Waals surface area contributed by atoms with E-state index in [1.165, 1.54) is 37.1 Å². The second kappa shape index (κ2) is 14.2. The summed E-state index contributed by atoms with van der Waals surface area (Å²) >= 11 is 0. The van der Waals surface area contributed by atoms with Gasteiger partial charge in [-0.3, -0.25) is 9.89 Å². The van der Waals surface area contributed by atoms with Crippen molar-refractivity contribution in [3.8, 4) is 0 Å². The molecule has 0 aromatic heterocycles. The number of rotatable bonds is 9. The van der Waals surface area contributed by atoms with E-state index in [0.717, 1.165) is 51.1 Å². The van der Waals surface area contributed by atoms with Crippen LogP contribution in [-0.4, -0.2) is 50.8 Å². The highest BCUT2D eigenvalue weighted by Gasteiger charge is 2.16. The Morgan fingerprint density at radius 2 is 1.96 bits per heavy atom. The molecule has 154 valence electrons. The van der Waals surface area contributed by atoms with Crippen LogP contribution in [0.25, 0.3) is 0 Å². The van der Waals surface area contributed by atoms with Gasteiger partial charge in [-0.05, 0) is 49.8 Å². The van der Waals surface area contributed by atoms with E-state index in [4.69, 9.17) is 4.74 Å². The summed E-state index contributed by atoms with van der Waals surface area (Å²) in [5.74, 6) is 1.67. The molecular formula is C21H37IN4O. The average molecular weight is 488 g/mol. The lowest BCUT2D eigenvalue weighted by molar-refractivity contribution is 0.145. The van der Waals surface area contributed by atoms with Gasteiger partial charge in [0.2, 0.25) is 0 Å². The van der Waals surface area contributed by atoms with Gasteiger partial charge < -0.3 is 15.4 Å². The summed E-state index contributed by atoms with van der Waals surface area (Å²) in [7, 11) is 1.81. The fourth-order valence-electron chi connectivity index (χ4n) is 3.38. The van der Waals surface area contributed by atoms with Crippen molar-refractivity contribution < 1.29 is 4.74 Å². The lowest BCUT2D eigenvalue weighted by Gasteiger charge is -2.30. The molecule has 27 heavy (non-hydrogen) atoms. The molecule has 5 nitrogen and oxygen atoms in total. The van der Waals surface area contributed by atoms with Crippen LogP contribution >= 0.6 is 24.0 Å². The minimum Gasteiger partial charge on any atom is -0.382 e. The number of nitrogens with zero attached hydrogens (tertiary/aromatic N) is 2. The Morgan fingerprint density at radius 1 is 1.22 bits per heavy atom. The molecule has 0 radical (unpaired) electrons. The fourth-order valence-corrected chi connectivity index (χ4v) is 3.38. The number of aliphatic imine (C=N–C) groups is 1. The maximum absolute atomic E-state index is 5.35. The predicted octanol–water partition coefficient (Wildman–Crippen LogP) is 3.63. The Morgan fingerprint density at radius 3 is 2.63 bits per heavy atom. The summed E-state index contributed by atoms with van der Waals surface area (Å²) in [6.45, 7) is 11.1. The number of halogens is 1. The molecule has 0 aliphatic carbocycles. The zero-order valence-electron chi connectivity index (χ0n) is 17.2. The summed E-state index contributed by atoms with van der Waals surface area (Å²) < 4.78 is 5.35. The van der Waals surface area contributed by atoms with Crippen LogP contribution in [0, 0.1) is 5.92 Å². The Bertz CT molecular complexity index is 535. The minimum absolute atomic E-state index is 0. The van der Waals surface area contributed by atoms with E-state index in [-0.39, 0.29) is 24.0 Å². The van der Waals surface area contributed by atoms with E-state index >= 15 is 0 Å². The summed E-state index contributed by atoms with van der Waals surface area (Å²) in [5, 5.41) is 6.69. The first-order valence-corrected chi connectivity index (χ1v) is 10.0. The molecule has 2 rings (SSSR count). The topological polar surface area (TPSA) is 48.9 Å². The Balaban J connectivity index is 0.00000364. The smallest absolute Gasteiger partial charge is 0.191 e. The van der Waals surface area contributed by atoms with Gasteiger partial charge in [0.15, 0.2) is 5.96 Å². The van der Waals surface area contributed by atoms with Crippen LogP contribution in [0.1, 0.15) is 44.2 Å². The van der Waals surface area contributed by atoms with Crippen molar-refractivity contribution in [3.05, 3.63) is 35.4 Å². The van der Waals surface area contributed by atoms with Crippen LogP contribution in [0.4, 0.5) is 0 Å². The molecule has 1 unspecified atom stereocenters. The van der Waals surface area contributed by atoms with Crippen LogP contribution in [0.3, 0.4) is 0 Å². The molecule has 1 aromatic carbocycles. The number of hydrogen-bond donors (Lipinski definition) is 2. The molecule has 0 amide bonds. The second-order valence-corrected chi connectivity index (χ2v) is 7.20. The lowest BCUT2D eigenvalue weighted by atomic mass is 9.99. The molecule has 0 bridgehead atoms. The van der Waals surface area contributed by atoms with E-state index in [2.05, 4.69) is 51.7 Å². The highest BCUT2D eigenvalue weighted by Crippen LogP contribution is 2.18. The second-order valence-electron chi connectivity index (χ2n) is 7.20. The third-order valence-electron chi connectivity index (χ3n) is 4.82. The standard InChI is InChI=1S/C21H36N4O.HI/c1-4-26-14-6-12-23-21(22-3)24-15-19-8-10-20(11-9-19)17-25-13-5-7-18(2)16-25;/h8-11,18H,4-7,12-17H2,1-3H3,(H2,22,23,24);1H. The Hall–Kier alpha value is -0.860. The first kappa shape index (κ1) is 24.2. The van der Waals surface area contributed by atoms with Crippen molar-refractivity contribution in [2.45, 2.75) is 46.2 Å². The third-order valence-corrected chi connectivity index (χ3v) is 4.82. The maximum atomic E-state index is 5.35. The molecule has 2 N–H and O–H groups in total. The van der Waals surface area contributed by atoms with Crippen LogP contribution < -0.4 is 10.6 Å². The summed E-state index contributed by atoms with van der Waals surface area (Å²) in [6, 6.07) is 8.96. The number of hydrogen-bond acceptors (Lipinski definition) is 3. The first-order valence-electron chi connectivity index (χ1n) is 10.0. The summed E-state index contributed by atoms with van der Waals surface area (Å²) in [5.41, 5.74) is 2.68. The Kier molecular flexibility index (Phi) is 12.7. The van der Waals surface area contributed by atoms with Gasteiger partial charge in [0, 0.05) is 46.4 Å². The van der Waals surface area contributed by atoms with E-state index < -0.39 is 0 Å². The normalized spacial score (nSPS) is 18.0. The highest BCUT2D eigenvalue weighted by molar-refractivity contribution is 14.0. The van der Waals surface area contributed by atoms with Crippen LogP contribution in [0.2, 0.25) is 0 Å². The monoisotopic (exact) mass is 488 g/mol. The van der Waals surface area contributed by atoms with Crippen LogP contribution in [0.15, 0.2) is 29.3 Å². The molecule has 0 spiro atoms. The zero-order chi connectivity index (χ0) is 18.6. The molecule has 1 aliphatic heterocycles. The van der Waals surface area contributed by atoms with Crippen molar-refractivity contribution >= 4 is 29.9 Å². The molecule has 1 saturated heterocycles. The van der Waals surface area contributed by atoms with Crippen molar-refractivity contribution in [1.82, 2.24) is 15.5 Å². The van der Waals surface area contributed by atoms with E-state index in [1.54, 1.807) is 7.05 Å². The number of ether oxygens (including phenoxy) is 1. The Labute approximate surface area is 182 Å². The van der Waals surface area contributed by atoms with E-state index in [9.17, 15) is 0 Å². The maximum Gasteiger partial charge on any atom is 0.191 e. The predicted molar refractivity (Wildman–Crippen MR) is 125 cm³/mol. The zero-order valence-corrected chi connectivity index (χ0v) is 19.5. The first-order chi connectivity index (χ1) is 12.7. The fraction of sp³-hybridized carbons (Fsp3) is 0.667. The molecule has 0 saturated carbocycles. The summed E-state index contributed by atoms with van der Waals surface area (Å²) in [4.78, 5) is 6.85. The van der Waals surface area contributed by atoms with Gasteiger partial charge >= 0.3 is 0 Å². The van der Waals surface area contributed by atoms with Crippen molar-refractivity contribution in [1.29, 1.82) is 0 Å². The SMILES string of the molecule is CCOCCCNC(=NC)NCc1ccc(CN2CCCC(C)C2)cc1.I. The number of guanidine groups is 1. The highest BCUT2D eigenvalue weighted by atomic mass is 127. The lowest BCUT2D eigenvalue weighted by Crippen LogP contribution is -2.37. The summed E-state index contributed by atoms with van der Waals surface area (Å²) in [6.07, 6.45) is 3.69. The third kappa shape index (κ3) is 9.76. The number of piperidine rings is 1. The molecule has 1 aliphatic rings. The quantitative estimate of drug-likeness (QED) is 0.241. The van der Waals surface area contributed by atoms with Crippen molar-refractivity contribution in [2.24, 2.45) is 10.9 Å². The van der Waals surface area contributed by atoms with Gasteiger partial charge in [-0.1, -0.05) is 31.2 Å². The van der Waals surface area contributed by atoms with Crippen LogP contribution in [0.5, 0.6) is 0 Å². The van der Waals surface area contributed by atoms with Gasteiger partial charge in [0.05, 0.1) is 0 Å². The average Bonchev–Trinajstić information content (AvgIpc) is 2.65. The molecular weight excluding hydrogens is 451 g/mol. The van der Waals surface area contributed by atoms with Gasteiger partial charge in [-0.2, -0.15) is 0 Å².